The van der Waals surface area contributed by atoms with Crippen LogP contribution in [-0.4, -0.2) is 39.3 Å². The van der Waals surface area contributed by atoms with E-state index in [0.29, 0.717) is 0 Å². The molecule has 116 valence electrons. The fraction of sp³-hybridized carbons (Fsp3) is 0.455. The third-order valence-electron chi connectivity index (χ3n) is 3.23. The highest BCUT2D eigenvalue weighted by atomic mass is 32.2. The molecule has 1 saturated heterocycles. The minimum Gasteiger partial charge on any atom is -0.258 e. The average molecular weight is 334 g/mol. The van der Waals surface area contributed by atoms with Crippen molar-refractivity contribution in [1.29, 1.82) is 0 Å². The molecular weight excluding hydrogens is 320 g/mol. The van der Waals surface area contributed by atoms with Gasteiger partial charge in [0.25, 0.3) is 5.69 Å². The third kappa shape index (κ3) is 3.57. The van der Waals surface area contributed by atoms with Gasteiger partial charge in [0.1, 0.15) is 0 Å². The normalized spacial score (nSPS) is 21.3. The molecule has 1 aromatic rings. The van der Waals surface area contributed by atoms with Gasteiger partial charge in [-0.05, 0) is 25.5 Å². The van der Waals surface area contributed by atoms with Gasteiger partial charge in [-0.2, -0.15) is 0 Å². The second-order valence-corrected chi connectivity index (χ2v) is 8.87. The zero-order chi connectivity index (χ0) is 15.8. The third-order valence-corrected chi connectivity index (χ3v) is 6.52. The number of hydrogen-bond donors (Lipinski definition) is 1. The Morgan fingerprint density at radius 1 is 1.38 bits per heavy atom. The summed E-state index contributed by atoms with van der Waals surface area (Å²) >= 11 is 0. The minimum atomic E-state index is -3.90. The molecule has 0 bridgehead atoms. The van der Waals surface area contributed by atoms with Crippen molar-refractivity contribution in [3.8, 4) is 0 Å². The van der Waals surface area contributed by atoms with Crippen LogP contribution in [-0.2, 0) is 19.9 Å². The van der Waals surface area contributed by atoms with Crippen molar-refractivity contribution in [2.24, 2.45) is 0 Å². The predicted molar refractivity (Wildman–Crippen MR) is 75.2 cm³/mol. The summed E-state index contributed by atoms with van der Waals surface area (Å²) in [5.74, 6) is -0.266. The molecular formula is C11H14N2O6S2. The molecule has 1 heterocycles. The lowest BCUT2D eigenvalue weighted by molar-refractivity contribution is -0.385. The number of nitro groups is 1. The maximum Gasteiger partial charge on any atom is 0.272 e. The van der Waals surface area contributed by atoms with E-state index in [-0.39, 0.29) is 34.1 Å². The number of sulfone groups is 1. The summed E-state index contributed by atoms with van der Waals surface area (Å²) in [4.78, 5) is 10.00. The molecule has 0 aromatic heterocycles. The van der Waals surface area contributed by atoms with Crippen LogP contribution >= 0.6 is 0 Å². The van der Waals surface area contributed by atoms with Crippen LogP contribution in [0.1, 0.15) is 12.0 Å². The van der Waals surface area contributed by atoms with E-state index < -0.39 is 30.8 Å². The Morgan fingerprint density at radius 2 is 2.05 bits per heavy atom. The van der Waals surface area contributed by atoms with E-state index in [4.69, 9.17) is 0 Å². The van der Waals surface area contributed by atoms with Crippen LogP contribution in [0.5, 0.6) is 0 Å². The summed E-state index contributed by atoms with van der Waals surface area (Å²) in [7, 11) is -7.09. The van der Waals surface area contributed by atoms with E-state index in [1.54, 1.807) is 0 Å². The van der Waals surface area contributed by atoms with Crippen molar-refractivity contribution in [3.63, 3.8) is 0 Å². The van der Waals surface area contributed by atoms with E-state index in [0.717, 1.165) is 12.1 Å². The van der Waals surface area contributed by atoms with Gasteiger partial charge in [-0.3, -0.25) is 10.1 Å². The first-order chi connectivity index (χ1) is 9.61. The number of rotatable bonds is 4. The van der Waals surface area contributed by atoms with E-state index in [9.17, 15) is 26.9 Å². The van der Waals surface area contributed by atoms with E-state index in [1.165, 1.54) is 13.0 Å². The van der Waals surface area contributed by atoms with Crippen molar-refractivity contribution in [2.45, 2.75) is 24.3 Å². The minimum absolute atomic E-state index is 0.0422. The molecule has 0 saturated carbocycles. The molecule has 8 nitrogen and oxygen atoms in total. The predicted octanol–water partition coefficient (Wildman–Crippen LogP) is 0.369. The Kier molecular flexibility index (Phi) is 4.04. The highest BCUT2D eigenvalue weighted by Gasteiger charge is 2.31. The Morgan fingerprint density at radius 3 is 2.52 bits per heavy atom. The first kappa shape index (κ1) is 15.9. The van der Waals surface area contributed by atoms with Crippen LogP contribution in [0.2, 0.25) is 0 Å². The van der Waals surface area contributed by atoms with Crippen LogP contribution in [0.3, 0.4) is 0 Å². The van der Waals surface area contributed by atoms with Crippen molar-refractivity contribution in [2.75, 3.05) is 11.5 Å². The van der Waals surface area contributed by atoms with Crippen LogP contribution in [0.25, 0.3) is 0 Å². The van der Waals surface area contributed by atoms with Gasteiger partial charge in [0.15, 0.2) is 9.84 Å². The van der Waals surface area contributed by atoms with Crippen molar-refractivity contribution >= 4 is 25.5 Å². The molecule has 0 aliphatic carbocycles. The Labute approximate surface area is 122 Å². The lowest BCUT2D eigenvalue weighted by Gasteiger charge is -2.12. The van der Waals surface area contributed by atoms with Crippen molar-refractivity contribution < 1.29 is 21.8 Å². The largest absolute Gasteiger partial charge is 0.272 e. The first-order valence-corrected chi connectivity index (χ1v) is 9.39. The highest BCUT2D eigenvalue weighted by molar-refractivity contribution is 7.92. The van der Waals surface area contributed by atoms with E-state index in [2.05, 4.69) is 4.72 Å². The number of nitrogens with zero attached hydrogens (tertiary/aromatic N) is 1. The summed E-state index contributed by atoms with van der Waals surface area (Å²) in [6.07, 6.45) is 0.230. The quantitative estimate of drug-likeness (QED) is 0.626. The first-order valence-electron chi connectivity index (χ1n) is 6.08. The molecule has 0 unspecified atom stereocenters. The van der Waals surface area contributed by atoms with Gasteiger partial charge in [0, 0.05) is 17.7 Å². The zero-order valence-electron chi connectivity index (χ0n) is 11.1. The number of sulfonamides is 1. The van der Waals surface area contributed by atoms with Crippen LogP contribution < -0.4 is 4.72 Å². The molecule has 2 rings (SSSR count). The molecule has 0 amide bonds. The second-order valence-electron chi connectivity index (χ2n) is 4.93. The summed E-state index contributed by atoms with van der Waals surface area (Å²) in [5.41, 5.74) is 0.0549. The maximum atomic E-state index is 12.2. The van der Waals surface area contributed by atoms with Crippen molar-refractivity contribution in [3.05, 3.63) is 33.9 Å². The van der Waals surface area contributed by atoms with E-state index >= 15 is 0 Å². The average Bonchev–Trinajstić information content (AvgIpc) is 2.67. The van der Waals surface area contributed by atoms with Crippen LogP contribution in [0.4, 0.5) is 5.69 Å². The fourth-order valence-electron chi connectivity index (χ4n) is 2.18. The van der Waals surface area contributed by atoms with Crippen LogP contribution in [0, 0.1) is 17.0 Å². The molecule has 0 spiro atoms. The maximum absolute atomic E-state index is 12.2. The number of hydrogen-bond acceptors (Lipinski definition) is 6. The van der Waals surface area contributed by atoms with Gasteiger partial charge in [-0.15, -0.1) is 0 Å². The van der Waals surface area contributed by atoms with Gasteiger partial charge in [-0.1, -0.05) is 0 Å². The van der Waals surface area contributed by atoms with E-state index in [1.807, 2.05) is 0 Å². The van der Waals surface area contributed by atoms with Gasteiger partial charge >= 0.3 is 0 Å². The standard InChI is InChI=1S/C11H14N2O6S2/c1-8-6-10(2-3-11(8)13(14)15)21(18,19)12-9-4-5-20(16,17)7-9/h2-3,6,9,12H,4-5,7H2,1H3/t9-/m1/s1. The summed E-state index contributed by atoms with van der Waals surface area (Å²) in [6, 6.07) is 2.80. The second kappa shape index (κ2) is 5.35. The smallest absolute Gasteiger partial charge is 0.258 e. The molecule has 0 radical (unpaired) electrons. The Hall–Kier alpha value is -1.52. The SMILES string of the molecule is Cc1cc(S(=O)(=O)N[C@@H]2CCS(=O)(=O)C2)ccc1[N+](=O)[O-]. The molecule has 1 fully saturated rings. The topological polar surface area (TPSA) is 123 Å². The molecule has 1 atom stereocenters. The van der Waals surface area contributed by atoms with Gasteiger partial charge in [0.05, 0.1) is 21.3 Å². The van der Waals surface area contributed by atoms with Gasteiger partial charge in [-0.25, -0.2) is 21.6 Å². The summed E-state index contributed by atoms with van der Waals surface area (Å²) in [6.45, 7) is 1.44. The summed E-state index contributed by atoms with van der Waals surface area (Å²) in [5, 5.41) is 10.7. The van der Waals surface area contributed by atoms with Gasteiger partial charge < -0.3 is 0 Å². The molecule has 10 heteroatoms. The molecule has 1 N–H and O–H groups in total. The molecule has 21 heavy (non-hydrogen) atoms. The lowest BCUT2D eigenvalue weighted by Crippen LogP contribution is -2.35. The number of nitro benzene ring substituents is 1. The molecule has 1 aliphatic heterocycles. The Bertz CT molecular complexity index is 785. The van der Waals surface area contributed by atoms with Crippen LogP contribution in [0.15, 0.2) is 23.1 Å². The summed E-state index contributed by atoms with van der Waals surface area (Å²) < 4.78 is 49.3. The fourth-order valence-corrected chi connectivity index (χ4v) is 5.31. The molecule has 1 aliphatic rings. The Balaban J connectivity index is 2.24. The number of aryl methyl sites for hydroxylation is 1. The zero-order valence-corrected chi connectivity index (χ0v) is 12.8. The molecule has 1 aromatic carbocycles. The lowest BCUT2D eigenvalue weighted by atomic mass is 10.2. The monoisotopic (exact) mass is 334 g/mol. The number of nitrogens with one attached hydrogen (secondary N) is 1. The number of benzene rings is 1. The van der Waals surface area contributed by atoms with Gasteiger partial charge in [0.2, 0.25) is 10.0 Å². The highest BCUT2D eigenvalue weighted by Crippen LogP contribution is 2.22. The van der Waals surface area contributed by atoms with Crippen molar-refractivity contribution in [1.82, 2.24) is 4.72 Å².